The summed E-state index contributed by atoms with van der Waals surface area (Å²) in [5, 5.41) is 5.50. The molecule has 6 rings (SSSR count). The summed E-state index contributed by atoms with van der Waals surface area (Å²) in [5.74, 6) is 0. The minimum Gasteiger partial charge on any atom is -0.341 e. The van der Waals surface area contributed by atoms with Gasteiger partial charge in [0.05, 0.1) is 0 Å². The standard InChI is InChI=1S/C25H19N/c1-2-26-23-10-6-5-9-20(23)25-22-15-18-13-16-7-3-4-8-17(16)14-21(18)19(22)11-12-24(25)26/h3-14H,2,15H2,1H3. The third-order valence-electron chi connectivity index (χ3n) is 5.99. The molecule has 1 heterocycles. The monoisotopic (exact) mass is 333 g/mol. The fourth-order valence-electron chi connectivity index (χ4n) is 4.86. The zero-order valence-electron chi connectivity index (χ0n) is 14.8. The highest BCUT2D eigenvalue weighted by Gasteiger charge is 2.24. The Morgan fingerprint density at radius 1 is 0.769 bits per heavy atom. The lowest BCUT2D eigenvalue weighted by Gasteiger charge is -2.06. The summed E-state index contributed by atoms with van der Waals surface area (Å²) in [5.41, 5.74) is 8.49. The van der Waals surface area contributed by atoms with Crippen molar-refractivity contribution in [2.24, 2.45) is 0 Å². The van der Waals surface area contributed by atoms with Crippen LogP contribution in [-0.4, -0.2) is 4.57 Å². The molecular formula is C25H19N. The van der Waals surface area contributed by atoms with Crippen molar-refractivity contribution >= 4 is 32.6 Å². The summed E-state index contributed by atoms with van der Waals surface area (Å²) in [7, 11) is 0. The van der Waals surface area contributed by atoms with Gasteiger partial charge in [0.15, 0.2) is 0 Å². The second-order valence-electron chi connectivity index (χ2n) is 7.28. The van der Waals surface area contributed by atoms with Gasteiger partial charge in [-0.15, -0.1) is 0 Å². The number of nitrogens with zero attached hydrogens (tertiary/aromatic N) is 1. The lowest BCUT2D eigenvalue weighted by molar-refractivity contribution is 0.827. The number of aryl methyl sites for hydroxylation is 1. The first-order valence-electron chi connectivity index (χ1n) is 9.40. The zero-order valence-corrected chi connectivity index (χ0v) is 14.8. The molecule has 26 heavy (non-hydrogen) atoms. The molecule has 0 saturated heterocycles. The lowest BCUT2D eigenvalue weighted by atomic mass is 9.99. The molecule has 1 heteroatoms. The normalized spacial score (nSPS) is 12.8. The number of fused-ring (bicyclic) bond motifs is 8. The second-order valence-corrected chi connectivity index (χ2v) is 7.28. The number of hydrogen-bond donors (Lipinski definition) is 0. The third kappa shape index (κ3) is 1.70. The van der Waals surface area contributed by atoms with Gasteiger partial charge in [0.25, 0.3) is 0 Å². The van der Waals surface area contributed by atoms with E-state index < -0.39 is 0 Å². The molecule has 0 spiro atoms. The number of hydrogen-bond acceptors (Lipinski definition) is 0. The van der Waals surface area contributed by atoms with E-state index in [4.69, 9.17) is 0 Å². The molecule has 0 amide bonds. The third-order valence-corrected chi connectivity index (χ3v) is 5.99. The molecule has 0 aliphatic heterocycles. The smallest absolute Gasteiger partial charge is 0.0494 e. The molecule has 0 fully saturated rings. The first-order valence-corrected chi connectivity index (χ1v) is 9.40. The molecule has 1 aliphatic rings. The van der Waals surface area contributed by atoms with E-state index in [0.29, 0.717) is 0 Å². The Balaban J connectivity index is 1.73. The maximum Gasteiger partial charge on any atom is 0.0494 e. The molecule has 1 aliphatic carbocycles. The molecule has 5 aromatic rings. The van der Waals surface area contributed by atoms with Crippen LogP contribution in [0.3, 0.4) is 0 Å². The molecular weight excluding hydrogens is 314 g/mol. The molecule has 0 saturated carbocycles. The molecule has 124 valence electrons. The fraction of sp³-hybridized carbons (Fsp3) is 0.120. The Labute approximate surface area is 152 Å². The van der Waals surface area contributed by atoms with Crippen molar-refractivity contribution in [3.8, 4) is 11.1 Å². The number of rotatable bonds is 1. The highest BCUT2D eigenvalue weighted by Crippen LogP contribution is 2.44. The Morgan fingerprint density at radius 3 is 2.38 bits per heavy atom. The van der Waals surface area contributed by atoms with Crippen LogP contribution in [0.2, 0.25) is 0 Å². The van der Waals surface area contributed by atoms with Gasteiger partial charge >= 0.3 is 0 Å². The van der Waals surface area contributed by atoms with Gasteiger partial charge in [-0.3, -0.25) is 0 Å². The van der Waals surface area contributed by atoms with E-state index >= 15 is 0 Å². The van der Waals surface area contributed by atoms with Crippen LogP contribution in [0.5, 0.6) is 0 Å². The van der Waals surface area contributed by atoms with E-state index in [0.717, 1.165) is 13.0 Å². The van der Waals surface area contributed by atoms with E-state index in [2.05, 4.69) is 84.3 Å². The van der Waals surface area contributed by atoms with Crippen LogP contribution in [0, 0.1) is 0 Å². The Hall–Kier alpha value is -3.06. The minimum absolute atomic E-state index is 1.000. The molecule has 0 radical (unpaired) electrons. The van der Waals surface area contributed by atoms with Crippen LogP contribution >= 0.6 is 0 Å². The number of para-hydroxylation sites is 1. The van der Waals surface area contributed by atoms with Crippen molar-refractivity contribution in [3.63, 3.8) is 0 Å². The Kier molecular flexibility index (Phi) is 2.71. The van der Waals surface area contributed by atoms with Crippen molar-refractivity contribution in [2.45, 2.75) is 19.9 Å². The predicted molar refractivity (Wildman–Crippen MR) is 111 cm³/mol. The minimum atomic E-state index is 1.000. The largest absolute Gasteiger partial charge is 0.341 e. The van der Waals surface area contributed by atoms with E-state index in [-0.39, 0.29) is 0 Å². The second kappa shape index (κ2) is 4.98. The summed E-state index contributed by atoms with van der Waals surface area (Å²) in [4.78, 5) is 0. The van der Waals surface area contributed by atoms with Gasteiger partial charge in [0, 0.05) is 28.4 Å². The SMILES string of the molecule is CCn1c2ccccc2c2c3c(ccc21)-c1cc2ccccc2cc1C3. The van der Waals surface area contributed by atoms with Gasteiger partial charge in [-0.25, -0.2) is 0 Å². The van der Waals surface area contributed by atoms with Crippen LogP contribution in [0.4, 0.5) is 0 Å². The summed E-state index contributed by atoms with van der Waals surface area (Å²) in [6.45, 7) is 3.24. The summed E-state index contributed by atoms with van der Waals surface area (Å²) in [6, 6.07) is 27.0. The van der Waals surface area contributed by atoms with E-state index in [1.807, 2.05) is 0 Å². The van der Waals surface area contributed by atoms with E-state index in [1.165, 1.54) is 54.8 Å². The van der Waals surface area contributed by atoms with Crippen molar-refractivity contribution in [2.75, 3.05) is 0 Å². The molecule has 0 N–H and O–H groups in total. The maximum absolute atomic E-state index is 2.45. The van der Waals surface area contributed by atoms with Gasteiger partial charge in [-0.1, -0.05) is 54.6 Å². The number of benzene rings is 4. The van der Waals surface area contributed by atoms with Crippen LogP contribution in [0.25, 0.3) is 43.7 Å². The molecule has 0 atom stereocenters. The molecule has 1 nitrogen and oxygen atoms in total. The average Bonchev–Trinajstić information content (AvgIpc) is 3.20. The van der Waals surface area contributed by atoms with Crippen molar-refractivity contribution in [1.82, 2.24) is 4.57 Å². The van der Waals surface area contributed by atoms with Crippen molar-refractivity contribution in [3.05, 3.63) is 83.9 Å². The zero-order chi connectivity index (χ0) is 17.3. The van der Waals surface area contributed by atoms with Crippen molar-refractivity contribution < 1.29 is 0 Å². The van der Waals surface area contributed by atoms with E-state index in [9.17, 15) is 0 Å². The first kappa shape index (κ1) is 14.1. The van der Waals surface area contributed by atoms with E-state index in [1.54, 1.807) is 0 Å². The van der Waals surface area contributed by atoms with Gasteiger partial charge in [0.2, 0.25) is 0 Å². The average molecular weight is 333 g/mol. The lowest BCUT2D eigenvalue weighted by Crippen LogP contribution is -1.93. The van der Waals surface area contributed by atoms with Crippen LogP contribution in [0.1, 0.15) is 18.1 Å². The van der Waals surface area contributed by atoms with Crippen LogP contribution in [-0.2, 0) is 13.0 Å². The molecule has 0 bridgehead atoms. The quantitative estimate of drug-likeness (QED) is 0.322. The van der Waals surface area contributed by atoms with Gasteiger partial charge in [0.1, 0.15) is 0 Å². The maximum atomic E-state index is 2.45. The van der Waals surface area contributed by atoms with Crippen LogP contribution in [0.15, 0.2) is 72.8 Å². The summed E-state index contributed by atoms with van der Waals surface area (Å²) < 4.78 is 2.45. The Morgan fingerprint density at radius 2 is 1.54 bits per heavy atom. The highest BCUT2D eigenvalue weighted by atomic mass is 15.0. The molecule has 1 aromatic heterocycles. The van der Waals surface area contributed by atoms with Gasteiger partial charge in [-0.05, 0) is 64.6 Å². The Bertz CT molecular complexity index is 1340. The van der Waals surface area contributed by atoms with Crippen LogP contribution < -0.4 is 0 Å². The van der Waals surface area contributed by atoms with Crippen molar-refractivity contribution in [1.29, 1.82) is 0 Å². The summed E-state index contributed by atoms with van der Waals surface area (Å²) in [6.07, 6.45) is 1.03. The predicted octanol–water partition coefficient (Wildman–Crippen LogP) is 6.54. The first-order chi connectivity index (χ1) is 12.8. The van der Waals surface area contributed by atoms with Gasteiger partial charge < -0.3 is 4.57 Å². The molecule has 4 aromatic carbocycles. The van der Waals surface area contributed by atoms with Gasteiger partial charge in [-0.2, -0.15) is 0 Å². The fourth-order valence-corrected chi connectivity index (χ4v) is 4.86. The molecule has 0 unspecified atom stereocenters. The summed E-state index contributed by atoms with van der Waals surface area (Å²) >= 11 is 0. The number of aromatic nitrogens is 1. The topological polar surface area (TPSA) is 4.93 Å². The highest BCUT2D eigenvalue weighted by molar-refractivity contribution is 6.13.